The molecule has 0 radical (unpaired) electrons. The summed E-state index contributed by atoms with van der Waals surface area (Å²) in [5.41, 5.74) is 4.62. The lowest BCUT2D eigenvalue weighted by molar-refractivity contribution is -0.161. The summed E-state index contributed by atoms with van der Waals surface area (Å²) >= 11 is 10.2. The van der Waals surface area contributed by atoms with Gasteiger partial charge in [-0.1, -0.05) is 12.2 Å². The molecule has 94 valence electrons. The highest BCUT2D eigenvalue weighted by Gasteiger charge is 2.71. The Morgan fingerprint density at radius 2 is 2.18 bits per heavy atom. The maximum Gasteiger partial charge on any atom is 0.327 e. The van der Waals surface area contributed by atoms with Crippen molar-refractivity contribution in [3.05, 3.63) is 0 Å². The average molecular weight is 292 g/mol. The molecule has 2 fully saturated rings. The van der Waals surface area contributed by atoms with E-state index < -0.39 is 33.6 Å². The van der Waals surface area contributed by atoms with Crippen molar-refractivity contribution in [3.63, 3.8) is 0 Å². The Hall–Kier alpha value is -0.310. The van der Waals surface area contributed by atoms with Gasteiger partial charge in [0, 0.05) is 4.75 Å². The van der Waals surface area contributed by atoms with Crippen molar-refractivity contribution in [2.75, 3.05) is 0 Å². The molecule has 8 heteroatoms. The molecule has 2 aliphatic heterocycles. The lowest BCUT2D eigenvalue weighted by Gasteiger charge is -2.50. The Bertz CT molecular complexity index is 439. The van der Waals surface area contributed by atoms with Crippen molar-refractivity contribution >= 4 is 52.7 Å². The van der Waals surface area contributed by atoms with E-state index in [0.29, 0.717) is 0 Å². The molecular weight excluding hydrogens is 280 g/mol. The number of rotatable bonds is 2. The van der Waals surface area contributed by atoms with Crippen molar-refractivity contribution < 1.29 is 14.7 Å². The molecule has 3 N–H and O–H groups in total. The minimum atomic E-state index is -1.31. The quantitative estimate of drug-likeness (QED) is 0.380. The summed E-state index contributed by atoms with van der Waals surface area (Å²) in [6.07, 6.45) is 0. The molecule has 2 heterocycles. The molecule has 0 aromatic heterocycles. The van der Waals surface area contributed by atoms with Gasteiger partial charge in [0.25, 0.3) is 5.91 Å². The Kier molecular flexibility index (Phi) is 2.78. The largest absolute Gasteiger partial charge is 0.480 e. The van der Waals surface area contributed by atoms with Gasteiger partial charge in [0.2, 0.25) is 0 Å². The fourth-order valence-corrected chi connectivity index (χ4v) is 4.52. The van der Waals surface area contributed by atoms with Gasteiger partial charge in [0.15, 0.2) is 5.54 Å². The van der Waals surface area contributed by atoms with Crippen LogP contribution in [0.15, 0.2) is 0 Å². The predicted octanol–water partition coefficient (Wildman–Crippen LogP) is 0.0880. The fourth-order valence-electron chi connectivity index (χ4n) is 2.28. The number of hydrogen-bond donors (Lipinski definition) is 3. The first-order valence-corrected chi connectivity index (χ1v) is 6.63. The number of amides is 1. The third kappa shape index (κ3) is 1.47. The van der Waals surface area contributed by atoms with E-state index in [2.05, 4.69) is 12.6 Å². The van der Waals surface area contributed by atoms with Gasteiger partial charge in [-0.05, 0) is 13.8 Å². The van der Waals surface area contributed by atoms with E-state index in [1.807, 2.05) is 0 Å². The van der Waals surface area contributed by atoms with Crippen LogP contribution >= 0.6 is 36.6 Å². The third-order valence-electron chi connectivity index (χ3n) is 3.17. The third-order valence-corrected chi connectivity index (χ3v) is 5.53. The van der Waals surface area contributed by atoms with Crippen LogP contribution in [0.2, 0.25) is 0 Å². The summed E-state index contributed by atoms with van der Waals surface area (Å²) in [4.78, 5) is 24.5. The molecule has 0 aromatic carbocycles. The molecule has 2 saturated heterocycles. The van der Waals surface area contributed by atoms with Crippen LogP contribution in [-0.4, -0.2) is 47.8 Å². The summed E-state index contributed by atoms with van der Waals surface area (Å²) in [6, 6.07) is -0.871. The first-order chi connectivity index (χ1) is 7.64. The zero-order chi connectivity index (χ0) is 13.2. The number of thiol groups is 1. The molecule has 1 amide bonds. The number of nitrogens with two attached hydrogens (primary N) is 1. The van der Waals surface area contributed by atoms with E-state index in [4.69, 9.17) is 18.0 Å². The number of nitrogens with zero attached hydrogens (tertiary/aromatic N) is 1. The number of carbonyl (C=O) groups is 2. The molecule has 2 aliphatic rings. The Labute approximate surface area is 114 Å². The van der Waals surface area contributed by atoms with Crippen molar-refractivity contribution in [3.8, 4) is 0 Å². The van der Waals surface area contributed by atoms with Gasteiger partial charge in [-0.3, -0.25) is 4.79 Å². The van der Waals surface area contributed by atoms with Crippen molar-refractivity contribution in [1.82, 2.24) is 4.90 Å². The lowest BCUT2D eigenvalue weighted by Crippen LogP contribution is -2.79. The molecule has 1 unspecified atom stereocenters. The van der Waals surface area contributed by atoms with Gasteiger partial charge >= 0.3 is 5.97 Å². The molecule has 2 rings (SSSR count). The summed E-state index contributed by atoms with van der Waals surface area (Å²) in [5, 5.41) is 8.76. The van der Waals surface area contributed by atoms with Crippen LogP contribution in [0.4, 0.5) is 0 Å². The molecule has 0 spiro atoms. The molecule has 5 nitrogen and oxygen atoms in total. The molecule has 0 bridgehead atoms. The summed E-state index contributed by atoms with van der Waals surface area (Å²) in [5.74, 6) is -1.47. The summed E-state index contributed by atoms with van der Waals surface area (Å²) in [6.45, 7) is 3.56. The van der Waals surface area contributed by atoms with Crippen LogP contribution in [-0.2, 0) is 9.59 Å². The first-order valence-electron chi connectivity index (χ1n) is 4.89. The highest BCUT2D eigenvalue weighted by atomic mass is 32.2. The lowest BCUT2D eigenvalue weighted by atomic mass is 9.87. The van der Waals surface area contributed by atoms with E-state index in [1.165, 1.54) is 16.7 Å². The SMILES string of the molecule is CC1(C)S[C@H]2N(C(=O)C2(N)C(=S)S)[C@H]1C(=O)O. The number of carboxylic acid groups (broad SMARTS) is 1. The number of hydrogen-bond acceptors (Lipinski definition) is 5. The number of β-lactam (4-membered cyclic amide) rings is 1. The number of thioether (sulfide) groups is 1. The van der Waals surface area contributed by atoms with Gasteiger partial charge in [0.05, 0.1) is 4.20 Å². The van der Waals surface area contributed by atoms with Gasteiger partial charge in [-0.2, -0.15) is 0 Å². The van der Waals surface area contributed by atoms with E-state index in [9.17, 15) is 14.7 Å². The van der Waals surface area contributed by atoms with Crippen molar-refractivity contribution in [2.45, 2.75) is 35.5 Å². The highest BCUT2D eigenvalue weighted by Crippen LogP contribution is 2.54. The van der Waals surface area contributed by atoms with E-state index in [-0.39, 0.29) is 4.20 Å². The Balaban J connectivity index is 2.41. The maximum atomic E-state index is 12.0. The minimum absolute atomic E-state index is 0.109. The second-order valence-electron chi connectivity index (χ2n) is 4.70. The second-order valence-corrected chi connectivity index (χ2v) is 7.59. The normalized spacial score (nSPS) is 38.6. The van der Waals surface area contributed by atoms with Crippen LogP contribution in [0.25, 0.3) is 0 Å². The molecule has 17 heavy (non-hydrogen) atoms. The number of carboxylic acids is 1. The van der Waals surface area contributed by atoms with Gasteiger partial charge in [-0.15, -0.1) is 24.4 Å². The second kappa shape index (κ2) is 3.59. The Morgan fingerprint density at radius 1 is 1.65 bits per heavy atom. The highest BCUT2D eigenvalue weighted by molar-refractivity contribution is 8.12. The summed E-state index contributed by atoms with van der Waals surface area (Å²) < 4.78 is -0.482. The van der Waals surface area contributed by atoms with Crippen LogP contribution in [0.3, 0.4) is 0 Å². The molecule has 0 aliphatic carbocycles. The van der Waals surface area contributed by atoms with Crippen LogP contribution in [0, 0.1) is 0 Å². The number of fused-ring (bicyclic) bond motifs is 1. The number of aliphatic carboxylic acids is 1. The molecular formula is C9H12N2O3S3. The summed E-state index contributed by atoms with van der Waals surface area (Å²) in [7, 11) is 0. The van der Waals surface area contributed by atoms with Gasteiger partial charge in [0.1, 0.15) is 11.4 Å². The zero-order valence-electron chi connectivity index (χ0n) is 9.21. The monoisotopic (exact) mass is 292 g/mol. The standard InChI is InChI=1S/C9H12N2O3S3/c1-8(2)3(4(12)13)11-5(14)9(10,7(15)16)6(11)17-8/h3,6H,10H2,1-2H3,(H,12,13)(H,15,16)/t3-,6+,9?/m0/s1. The minimum Gasteiger partial charge on any atom is -0.480 e. The van der Waals surface area contributed by atoms with Crippen molar-refractivity contribution in [2.24, 2.45) is 5.73 Å². The van der Waals surface area contributed by atoms with Crippen LogP contribution < -0.4 is 5.73 Å². The molecule has 0 aromatic rings. The smallest absolute Gasteiger partial charge is 0.327 e. The maximum absolute atomic E-state index is 12.0. The Morgan fingerprint density at radius 3 is 2.59 bits per heavy atom. The van der Waals surface area contributed by atoms with Crippen LogP contribution in [0.5, 0.6) is 0 Å². The van der Waals surface area contributed by atoms with Crippen LogP contribution in [0.1, 0.15) is 13.8 Å². The zero-order valence-corrected chi connectivity index (χ0v) is 11.7. The van der Waals surface area contributed by atoms with E-state index >= 15 is 0 Å². The first kappa shape index (κ1) is 13.1. The molecule has 0 saturated carbocycles. The molecule has 3 atom stereocenters. The average Bonchev–Trinajstić information content (AvgIpc) is 2.46. The number of thiocarbonyl (C=S) groups is 1. The van der Waals surface area contributed by atoms with Gasteiger partial charge < -0.3 is 15.7 Å². The predicted molar refractivity (Wildman–Crippen MR) is 72.2 cm³/mol. The van der Waals surface area contributed by atoms with E-state index in [1.54, 1.807) is 13.8 Å². The number of carbonyl (C=O) groups excluding carboxylic acids is 1. The van der Waals surface area contributed by atoms with Gasteiger partial charge in [-0.25, -0.2) is 4.79 Å². The van der Waals surface area contributed by atoms with E-state index in [0.717, 1.165) is 0 Å². The topological polar surface area (TPSA) is 83.6 Å². The van der Waals surface area contributed by atoms with Crippen molar-refractivity contribution in [1.29, 1.82) is 0 Å². The fraction of sp³-hybridized carbons (Fsp3) is 0.667.